The molecule has 1 amide bonds. The van der Waals surface area contributed by atoms with Gasteiger partial charge in [0.2, 0.25) is 0 Å². The van der Waals surface area contributed by atoms with Gasteiger partial charge in [-0.15, -0.1) is 0 Å². The van der Waals surface area contributed by atoms with E-state index in [1.54, 1.807) is 30.3 Å². The average Bonchev–Trinajstić information content (AvgIpc) is 3.01. The number of hydrogen-bond acceptors (Lipinski definition) is 5. The first-order chi connectivity index (χ1) is 14.8. The lowest BCUT2D eigenvalue weighted by Crippen LogP contribution is -2.35. The molecule has 6 nitrogen and oxygen atoms in total. The molecule has 0 aromatic heterocycles. The van der Waals surface area contributed by atoms with Crippen molar-refractivity contribution in [2.24, 2.45) is 0 Å². The Balaban J connectivity index is 2.07. The number of nitrogens with zero attached hydrogens (tertiary/aromatic N) is 2. The van der Waals surface area contributed by atoms with E-state index < -0.39 is 17.7 Å². The van der Waals surface area contributed by atoms with Crippen molar-refractivity contribution in [1.29, 1.82) is 0 Å². The van der Waals surface area contributed by atoms with Crippen LogP contribution in [0.2, 0.25) is 0 Å². The van der Waals surface area contributed by atoms with E-state index in [4.69, 9.17) is 4.74 Å². The molecule has 3 rings (SSSR count). The maximum Gasteiger partial charge on any atom is 0.295 e. The Kier molecular flexibility index (Phi) is 6.92. The number of likely N-dealkylation sites (tertiary alicyclic amines) is 1. The van der Waals surface area contributed by atoms with Crippen LogP contribution in [0.25, 0.3) is 5.76 Å². The highest BCUT2D eigenvalue weighted by molar-refractivity contribution is 6.46. The van der Waals surface area contributed by atoms with Gasteiger partial charge in [-0.25, -0.2) is 0 Å². The number of likely N-dealkylation sites (N-methyl/N-ethyl adjacent to an activating group) is 1. The molecule has 2 aromatic carbocycles. The van der Waals surface area contributed by atoms with Gasteiger partial charge in [-0.1, -0.05) is 54.6 Å². The van der Waals surface area contributed by atoms with Crippen LogP contribution in [0.4, 0.5) is 0 Å². The number of ether oxygens (including phenoxy) is 1. The largest absolute Gasteiger partial charge is 0.507 e. The van der Waals surface area contributed by atoms with Crippen LogP contribution in [0.15, 0.2) is 66.8 Å². The zero-order valence-electron chi connectivity index (χ0n) is 18.2. The van der Waals surface area contributed by atoms with Gasteiger partial charge in [0.15, 0.2) is 0 Å². The summed E-state index contributed by atoms with van der Waals surface area (Å²) >= 11 is 0. The van der Waals surface area contributed by atoms with Crippen LogP contribution in [-0.4, -0.2) is 60.4 Å². The van der Waals surface area contributed by atoms with Gasteiger partial charge in [-0.3, -0.25) is 9.59 Å². The van der Waals surface area contributed by atoms with E-state index in [0.29, 0.717) is 31.0 Å². The number of benzene rings is 2. The molecule has 0 spiro atoms. The second-order valence-corrected chi connectivity index (χ2v) is 7.83. The molecule has 1 heterocycles. The zero-order valence-corrected chi connectivity index (χ0v) is 18.2. The van der Waals surface area contributed by atoms with Gasteiger partial charge in [0.05, 0.1) is 11.6 Å². The summed E-state index contributed by atoms with van der Waals surface area (Å²) in [5.74, 6) is -0.781. The minimum Gasteiger partial charge on any atom is -0.507 e. The fourth-order valence-electron chi connectivity index (χ4n) is 3.53. The lowest BCUT2D eigenvalue weighted by Gasteiger charge is -2.26. The lowest BCUT2D eigenvalue weighted by atomic mass is 9.95. The molecule has 0 radical (unpaired) electrons. The Bertz CT molecular complexity index is 991. The van der Waals surface area contributed by atoms with Crippen molar-refractivity contribution in [3.05, 3.63) is 83.4 Å². The summed E-state index contributed by atoms with van der Waals surface area (Å²) in [6.07, 6.45) is 1.66. The number of aliphatic hydroxyl groups is 1. The summed E-state index contributed by atoms with van der Waals surface area (Å²) in [7, 11) is 3.81. The highest BCUT2D eigenvalue weighted by atomic mass is 16.5. The van der Waals surface area contributed by atoms with Crippen LogP contribution >= 0.6 is 0 Å². The molecule has 0 saturated carbocycles. The Labute approximate surface area is 183 Å². The quantitative estimate of drug-likeness (QED) is 0.306. The minimum absolute atomic E-state index is 0.104. The summed E-state index contributed by atoms with van der Waals surface area (Å²) in [5, 5.41) is 11.0. The van der Waals surface area contributed by atoms with Gasteiger partial charge in [-0.2, -0.15) is 0 Å². The Hall–Kier alpha value is -3.38. The second-order valence-electron chi connectivity index (χ2n) is 7.83. The molecule has 2 aromatic rings. The predicted octanol–water partition coefficient (Wildman–Crippen LogP) is 3.54. The van der Waals surface area contributed by atoms with Crippen LogP contribution in [0.5, 0.6) is 5.75 Å². The number of aryl methyl sites for hydroxylation is 1. The summed E-state index contributed by atoms with van der Waals surface area (Å²) in [4.78, 5) is 29.3. The Morgan fingerprint density at radius 3 is 2.35 bits per heavy atom. The monoisotopic (exact) mass is 420 g/mol. The molecule has 0 unspecified atom stereocenters. The zero-order chi connectivity index (χ0) is 22.5. The number of hydrogen-bond donors (Lipinski definition) is 1. The molecule has 1 fully saturated rings. The van der Waals surface area contributed by atoms with Crippen molar-refractivity contribution in [3.8, 4) is 5.75 Å². The molecule has 1 aliphatic heterocycles. The van der Waals surface area contributed by atoms with E-state index in [2.05, 4.69) is 6.58 Å². The molecule has 0 aliphatic carbocycles. The maximum atomic E-state index is 13.0. The van der Waals surface area contributed by atoms with E-state index in [0.717, 1.165) is 11.1 Å². The van der Waals surface area contributed by atoms with Crippen LogP contribution in [0.3, 0.4) is 0 Å². The van der Waals surface area contributed by atoms with Gasteiger partial charge in [-0.05, 0) is 38.7 Å². The van der Waals surface area contributed by atoms with Gasteiger partial charge < -0.3 is 19.6 Å². The minimum atomic E-state index is -0.672. The number of amides is 1. The van der Waals surface area contributed by atoms with Crippen molar-refractivity contribution < 1.29 is 19.4 Å². The SMILES string of the molecule is C=CCOc1ccc([C@H]2/C(=C(\O)c3ccc(C)cc3)C(=O)C(=O)N2CCN(C)C)cc1. The third-order valence-electron chi connectivity index (χ3n) is 5.22. The third kappa shape index (κ3) is 4.86. The molecule has 1 saturated heterocycles. The van der Waals surface area contributed by atoms with Crippen molar-refractivity contribution in [2.45, 2.75) is 13.0 Å². The van der Waals surface area contributed by atoms with E-state index in [1.165, 1.54) is 4.90 Å². The number of carbonyl (C=O) groups excluding carboxylic acids is 2. The van der Waals surface area contributed by atoms with Crippen molar-refractivity contribution in [2.75, 3.05) is 33.8 Å². The molecule has 31 heavy (non-hydrogen) atoms. The number of rotatable bonds is 8. The summed E-state index contributed by atoms with van der Waals surface area (Å²) < 4.78 is 5.54. The standard InChI is InChI=1S/C25H28N2O4/c1-5-16-31-20-12-10-18(11-13-20)22-21(23(28)19-8-6-17(2)7-9-19)24(29)25(30)27(22)15-14-26(3)4/h5-13,22,28H,1,14-16H2,2-4H3/b23-21+/t22-/m0/s1. The van der Waals surface area contributed by atoms with Crippen LogP contribution < -0.4 is 4.74 Å². The molecule has 1 atom stereocenters. The van der Waals surface area contributed by atoms with Crippen LogP contribution in [0, 0.1) is 6.92 Å². The highest BCUT2D eigenvalue weighted by Crippen LogP contribution is 2.39. The topological polar surface area (TPSA) is 70.1 Å². The van der Waals surface area contributed by atoms with Crippen molar-refractivity contribution in [1.82, 2.24) is 9.80 Å². The summed E-state index contributed by atoms with van der Waals surface area (Å²) in [6.45, 7) is 6.92. The first kappa shape index (κ1) is 22.3. The van der Waals surface area contributed by atoms with Crippen molar-refractivity contribution in [3.63, 3.8) is 0 Å². The van der Waals surface area contributed by atoms with Crippen LogP contribution in [-0.2, 0) is 9.59 Å². The fourth-order valence-corrected chi connectivity index (χ4v) is 3.53. The average molecular weight is 421 g/mol. The molecule has 1 N–H and O–H groups in total. The fraction of sp³-hybridized carbons (Fsp3) is 0.280. The first-order valence-electron chi connectivity index (χ1n) is 10.2. The number of ketones is 1. The molecule has 0 bridgehead atoms. The van der Waals surface area contributed by atoms with E-state index >= 15 is 0 Å². The van der Waals surface area contributed by atoms with E-state index in [1.807, 2.05) is 50.2 Å². The predicted molar refractivity (Wildman–Crippen MR) is 121 cm³/mol. The number of aliphatic hydroxyl groups excluding tert-OH is 1. The first-order valence-corrected chi connectivity index (χ1v) is 10.2. The van der Waals surface area contributed by atoms with Gasteiger partial charge in [0.1, 0.15) is 18.1 Å². The summed E-state index contributed by atoms with van der Waals surface area (Å²) in [5.41, 5.74) is 2.38. The van der Waals surface area contributed by atoms with E-state index in [9.17, 15) is 14.7 Å². The smallest absolute Gasteiger partial charge is 0.295 e. The molecule has 1 aliphatic rings. The highest BCUT2D eigenvalue weighted by Gasteiger charge is 2.45. The Morgan fingerprint density at radius 1 is 1.13 bits per heavy atom. The molecular formula is C25H28N2O4. The maximum absolute atomic E-state index is 13.0. The third-order valence-corrected chi connectivity index (χ3v) is 5.22. The normalized spacial score (nSPS) is 17.9. The van der Waals surface area contributed by atoms with Gasteiger partial charge >= 0.3 is 0 Å². The molecule has 6 heteroatoms. The number of Topliss-reactive ketones (excluding diaryl/α,β-unsaturated/α-hetero) is 1. The van der Waals surface area contributed by atoms with Gasteiger partial charge in [0, 0.05) is 18.7 Å². The lowest BCUT2D eigenvalue weighted by molar-refractivity contribution is -0.140. The molecule has 162 valence electrons. The van der Waals surface area contributed by atoms with E-state index in [-0.39, 0.29) is 11.3 Å². The second kappa shape index (κ2) is 9.62. The Morgan fingerprint density at radius 2 is 1.77 bits per heavy atom. The van der Waals surface area contributed by atoms with Crippen LogP contribution in [0.1, 0.15) is 22.7 Å². The number of carbonyl (C=O) groups is 2. The molecular weight excluding hydrogens is 392 g/mol. The van der Waals surface area contributed by atoms with Gasteiger partial charge in [0.25, 0.3) is 11.7 Å². The summed E-state index contributed by atoms with van der Waals surface area (Å²) in [6, 6.07) is 13.8. The van der Waals surface area contributed by atoms with Crippen molar-refractivity contribution >= 4 is 17.4 Å².